The highest BCUT2D eigenvalue weighted by atomic mass is 32.1. The molecule has 22 heavy (non-hydrogen) atoms. The van der Waals surface area contributed by atoms with Gasteiger partial charge in [-0.05, 0) is 35.7 Å². The van der Waals surface area contributed by atoms with Gasteiger partial charge in [0.05, 0.1) is 26.4 Å². The predicted octanol–water partition coefficient (Wildman–Crippen LogP) is 2.64. The van der Waals surface area contributed by atoms with Crippen LogP contribution in [0.2, 0.25) is 0 Å². The minimum absolute atomic E-state index is 0.647. The maximum atomic E-state index is 5.52. The zero-order chi connectivity index (χ0) is 15.9. The van der Waals surface area contributed by atoms with Crippen LogP contribution < -0.4 is 10.6 Å². The van der Waals surface area contributed by atoms with Crippen LogP contribution in [-0.2, 0) is 16.0 Å². The number of aliphatic imine (C=N–C) groups is 1. The molecule has 0 bridgehead atoms. The minimum Gasteiger partial charge on any atom is -0.379 e. The van der Waals surface area contributed by atoms with E-state index >= 15 is 0 Å². The Balaban J connectivity index is 2.07. The number of rotatable bonds is 12. The van der Waals surface area contributed by atoms with Gasteiger partial charge in [0, 0.05) is 19.7 Å². The first kappa shape index (κ1) is 18.9. The zero-order valence-corrected chi connectivity index (χ0v) is 14.6. The van der Waals surface area contributed by atoms with Gasteiger partial charge in [0.2, 0.25) is 0 Å². The molecule has 5 nitrogen and oxygen atoms in total. The molecule has 2 N–H and O–H groups in total. The lowest BCUT2D eigenvalue weighted by Gasteiger charge is -2.11. The summed E-state index contributed by atoms with van der Waals surface area (Å²) in [6.45, 7) is 9.31. The van der Waals surface area contributed by atoms with Gasteiger partial charge in [-0.25, -0.2) is 4.99 Å². The van der Waals surface area contributed by atoms with Crippen molar-refractivity contribution in [1.29, 1.82) is 0 Å². The topological polar surface area (TPSA) is 54.9 Å². The number of hydrogen-bond donors (Lipinski definition) is 2. The molecule has 0 saturated carbocycles. The van der Waals surface area contributed by atoms with E-state index in [0.717, 1.165) is 32.1 Å². The standard InChI is InChI=1S/C16H29N3O2S/c1-3-5-8-20-10-11-21-9-7-18-16(17-4-2)19-13-15-6-12-22-14-15/h6,12,14H,3-5,7-11,13H2,1-2H3,(H2,17,18,19). The van der Waals surface area contributed by atoms with Gasteiger partial charge in [0.15, 0.2) is 5.96 Å². The average molecular weight is 327 g/mol. The van der Waals surface area contributed by atoms with Gasteiger partial charge >= 0.3 is 0 Å². The van der Waals surface area contributed by atoms with E-state index in [9.17, 15) is 0 Å². The summed E-state index contributed by atoms with van der Waals surface area (Å²) in [7, 11) is 0. The number of nitrogens with zero attached hydrogens (tertiary/aromatic N) is 1. The molecule has 1 rings (SSSR count). The molecule has 0 aliphatic heterocycles. The fourth-order valence-corrected chi connectivity index (χ4v) is 2.36. The molecule has 1 aromatic heterocycles. The van der Waals surface area contributed by atoms with Crippen LogP contribution in [0.5, 0.6) is 0 Å². The summed E-state index contributed by atoms with van der Waals surface area (Å²) in [5, 5.41) is 10.7. The van der Waals surface area contributed by atoms with Gasteiger partial charge in [-0.1, -0.05) is 13.3 Å². The van der Waals surface area contributed by atoms with Crippen molar-refractivity contribution in [2.75, 3.05) is 39.5 Å². The minimum atomic E-state index is 0.647. The number of thiophene rings is 1. The average Bonchev–Trinajstić information content (AvgIpc) is 3.04. The van der Waals surface area contributed by atoms with Crippen LogP contribution in [-0.4, -0.2) is 45.5 Å². The van der Waals surface area contributed by atoms with Gasteiger partial charge in [-0.3, -0.25) is 0 Å². The van der Waals surface area contributed by atoms with Gasteiger partial charge in [-0.2, -0.15) is 11.3 Å². The molecular formula is C16H29N3O2S. The molecular weight excluding hydrogens is 298 g/mol. The molecule has 0 aromatic carbocycles. The summed E-state index contributed by atoms with van der Waals surface area (Å²) in [5.74, 6) is 0.830. The third-order valence-corrected chi connectivity index (χ3v) is 3.63. The molecule has 0 saturated heterocycles. The van der Waals surface area contributed by atoms with E-state index in [-0.39, 0.29) is 0 Å². The van der Waals surface area contributed by atoms with Gasteiger partial charge in [0.25, 0.3) is 0 Å². The Labute approximate surface area is 138 Å². The van der Waals surface area contributed by atoms with Crippen LogP contribution >= 0.6 is 11.3 Å². The van der Waals surface area contributed by atoms with Crippen LogP contribution in [0.3, 0.4) is 0 Å². The van der Waals surface area contributed by atoms with Crippen molar-refractivity contribution >= 4 is 17.3 Å². The Kier molecular flexibility index (Phi) is 11.7. The second-order valence-corrected chi connectivity index (χ2v) is 5.61. The molecule has 1 aromatic rings. The summed E-state index contributed by atoms with van der Waals surface area (Å²) in [4.78, 5) is 4.54. The molecule has 0 aliphatic carbocycles. The van der Waals surface area contributed by atoms with Crippen molar-refractivity contribution in [3.05, 3.63) is 22.4 Å². The maximum absolute atomic E-state index is 5.52. The second-order valence-electron chi connectivity index (χ2n) is 4.83. The number of ether oxygens (including phenoxy) is 2. The first-order valence-electron chi connectivity index (χ1n) is 8.05. The molecule has 0 fully saturated rings. The van der Waals surface area contributed by atoms with E-state index in [1.54, 1.807) is 11.3 Å². The predicted molar refractivity (Wildman–Crippen MR) is 93.7 cm³/mol. The van der Waals surface area contributed by atoms with Gasteiger partial charge < -0.3 is 20.1 Å². The lowest BCUT2D eigenvalue weighted by atomic mass is 10.3. The summed E-state index contributed by atoms with van der Waals surface area (Å²) >= 11 is 1.70. The molecule has 126 valence electrons. The molecule has 0 unspecified atom stereocenters. The maximum Gasteiger partial charge on any atom is 0.191 e. The Morgan fingerprint density at radius 1 is 1.14 bits per heavy atom. The highest BCUT2D eigenvalue weighted by Crippen LogP contribution is 2.06. The van der Waals surface area contributed by atoms with Crippen LogP contribution in [0.1, 0.15) is 32.3 Å². The molecule has 0 radical (unpaired) electrons. The summed E-state index contributed by atoms with van der Waals surface area (Å²) in [5.41, 5.74) is 1.24. The largest absolute Gasteiger partial charge is 0.379 e. The Morgan fingerprint density at radius 2 is 1.95 bits per heavy atom. The number of nitrogens with one attached hydrogen (secondary N) is 2. The van der Waals surface area contributed by atoms with E-state index in [2.05, 4.69) is 46.3 Å². The zero-order valence-electron chi connectivity index (χ0n) is 13.8. The van der Waals surface area contributed by atoms with E-state index in [1.165, 1.54) is 12.0 Å². The Bertz CT molecular complexity index is 383. The van der Waals surface area contributed by atoms with Gasteiger partial charge in [-0.15, -0.1) is 0 Å². The number of guanidine groups is 1. The lowest BCUT2D eigenvalue weighted by Crippen LogP contribution is -2.39. The fourth-order valence-electron chi connectivity index (χ4n) is 1.70. The van der Waals surface area contributed by atoms with E-state index in [1.807, 2.05) is 0 Å². The monoisotopic (exact) mass is 327 g/mol. The number of hydrogen-bond acceptors (Lipinski definition) is 4. The number of unbranched alkanes of at least 4 members (excludes halogenated alkanes) is 1. The van der Waals surface area contributed by atoms with Crippen LogP contribution in [0.4, 0.5) is 0 Å². The van der Waals surface area contributed by atoms with Crippen LogP contribution in [0.25, 0.3) is 0 Å². The first-order valence-corrected chi connectivity index (χ1v) is 8.99. The SMILES string of the molecule is CCCCOCCOCCNC(=NCc1ccsc1)NCC. The Hall–Kier alpha value is -1.11. The quantitative estimate of drug-likeness (QED) is 0.352. The molecule has 0 atom stereocenters. The van der Waals surface area contributed by atoms with Crippen molar-refractivity contribution in [3.63, 3.8) is 0 Å². The van der Waals surface area contributed by atoms with E-state index < -0.39 is 0 Å². The summed E-state index contributed by atoms with van der Waals surface area (Å²) < 4.78 is 11.0. The van der Waals surface area contributed by atoms with E-state index in [0.29, 0.717) is 26.4 Å². The van der Waals surface area contributed by atoms with Crippen molar-refractivity contribution in [3.8, 4) is 0 Å². The highest BCUT2D eigenvalue weighted by Gasteiger charge is 1.98. The summed E-state index contributed by atoms with van der Waals surface area (Å²) in [6, 6.07) is 2.10. The molecule has 0 spiro atoms. The normalized spacial score (nSPS) is 11.6. The lowest BCUT2D eigenvalue weighted by molar-refractivity contribution is 0.0487. The van der Waals surface area contributed by atoms with Crippen molar-refractivity contribution < 1.29 is 9.47 Å². The van der Waals surface area contributed by atoms with Crippen LogP contribution in [0.15, 0.2) is 21.8 Å². The third-order valence-electron chi connectivity index (χ3n) is 2.90. The molecule has 0 aliphatic rings. The first-order chi connectivity index (χ1) is 10.9. The molecule has 6 heteroatoms. The smallest absolute Gasteiger partial charge is 0.191 e. The molecule has 1 heterocycles. The second kappa shape index (κ2) is 13.5. The fraction of sp³-hybridized carbons (Fsp3) is 0.688. The molecule has 0 amide bonds. The van der Waals surface area contributed by atoms with Crippen molar-refractivity contribution in [1.82, 2.24) is 10.6 Å². The van der Waals surface area contributed by atoms with Crippen molar-refractivity contribution in [2.45, 2.75) is 33.2 Å². The van der Waals surface area contributed by atoms with Gasteiger partial charge in [0.1, 0.15) is 0 Å². The van der Waals surface area contributed by atoms with Crippen molar-refractivity contribution in [2.24, 2.45) is 4.99 Å². The van der Waals surface area contributed by atoms with E-state index in [4.69, 9.17) is 9.47 Å². The van der Waals surface area contributed by atoms with Crippen LogP contribution in [0, 0.1) is 0 Å². The highest BCUT2D eigenvalue weighted by molar-refractivity contribution is 7.07. The third kappa shape index (κ3) is 9.76. The summed E-state index contributed by atoms with van der Waals surface area (Å²) in [6.07, 6.45) is 2.29. The Morgan fingerprint density at radius 3 is 2.64 bits per heavy atom.